The molecule has 4 amide bonds. The summed E-state index contributed by atoms with van der Waals surface area (Å²) in [4.78, 5) is 52.0. The first kappa shape index (κ1) is 32.9. The Bertz CT molecular complexity index is 1170. The van der Waals surface area contributed by atoms with E-state index in [1.165, 1.54) is 4.90 Å². The summed E-state index contributed by atoms with van der Waals surface area (Å²) in [5.74, 6) is -2.03. The highest BCUT2D eigenvalue weighted by Gasteiger charge is 2.45. The van der Waals surface area contributed by atoms with E-state index in [1.807, 2.05) is 80.7 Å². The fourth-order valence-corrected chi connectivity index (χ4v) is 4.85. The van der Waals surface area contributed by atoms with Crippen LogP contribution in [0.3, 0.4) is 0 Å². The molecule has 2 fully saturated rings. The highest BCUT2D eigenvalue weighted by molar-refractivity contribution is 6.05. The molecule has 9 nitrogen and oxygen atoms in total. The van der Waals surface area contributed by atoms with Crippen LogP contribution in [-0.2, 0) is 28.7 Å². The summed E-state index contributed by atoms with van der Waals surface area (Å²) in [7, 11) is 0. The lowest BCUT2D eigenvalue weighted by Crippen LogP contribution is -2.56. The molecule has 0 bridgehead atoms. The van der Waals surface area contributed by atoms with Crippen molar-refractivity contribution in [1.82, 2.24) is 15.5 Å². The first-order chi connectivity index (χ1) is 20.0. The van der Waals surface area contributed by atoms with Gasteiger partial charge >= 0.3 is 0 Å². The molecular weight excluding hydrogens is 534 g/mol. The van der Waals surface area contributed by atoms with Gasteiger partial charge in [0.05, 0.1) is 12.5 Å². The lowest BCUT2D eigenvalue weighted by atomic mass is 9.85. The minimum atomic E-state index is -0.834. The number of likely N-dealkylation sites (tertiary alicyclic amines) is 1. The number of amides is 4. The van der Waals surface area contributed by atoms with Crippen LogP contribution in [0.1, 0.15) is 59.8 Å². The number of hydrogen-bond acceptors (Lipinski definition) is 6. The zero-order valence-corrected chi connectivity index (χ0v) is 25.3. The van der Waals surface area contributed by atoms with Crippen LogP contribution in [0.2, 0.25) is 0 Å². The minimum absolute atomic E-state index is 0.149. The normalized spacial score (nSPS) is 26.4. The second kappa shape index (κ2) is 15.6. The van der Waals surface area contributed by atoms with Crippen molar-refractivity contribution in [2.75, 3.05) is 26.2 Å². The van der Waals surface area contributed by atoms with Gasteiger partial charge in [-0.1, -0.05) is 80.7 Å². The van der Waals surface area contributed by atoms with Crippen LogP contribution in [0.5, 0.6) is 0 Å². The molecule has 2 N–H and O–H groups in total. The zero-order valence-electron chi connectivity index (χ0n) is 25.3. The number of carbonyl (C=O) groups excluding carboxylic acids is 4. The Morgan fingerprint density at radius 3 is 2.26 bits per heavy atom. The van der Waals surface area contributed by atoms with Crippen LogP contribution in [-0.4, -0.2) is 66.7 Å². The molecule has 2 atom stereocenters. The number of imide groups is 1. The van der Waals surface area contributed by atoms with Crippen LogP contribution >= 0.6 is 0 Å². The number of unbranched alkanes of at least 4 members (excludes halogenated alkanes) is 2. The predicted octanol–water partition coefficient (Wildman–Crippen LogP) is 4.05. The van der Waals surface area contributed by atoms with Gasteiger partial charge in [-0.05, 0) is 38.7 Å². The van der Waals surface area contributed by atoms with E-state index in [-0.39, 0.29) is 43.0 Å². The quantitative estimate of drug-likeness (QED) is 0.282. The third kappa shape index (κ3) is 10.1. The fraction of sp³-hybridized carbons (Fsp3) is 0.515. The molecule has 0 saturated carbocycles. The van der Waals surface area contributed by atoms with Crippen molar-refractivity contribution in [1.29, 1.82) is 0 Å². The smallest absolute Gasteiger partial charge is 0.249 e. The molecule has 9 heteroatoms. The molecule has 3 rings (SSSR count). The number of hydrogen-bond donors (Lipinski definition) is 2. The maximum Gasteiger partial charge on any atom is 0.249 e. The van der Waals surface area contributed by atoms with Crippen molar-refractivity contribution in [2.24, 2.45) is 11.3 Å². The Hall–Kier alpha value is -3.56. The van der Waals surface area contributed by atoms with Crippen LogP contribution in [0.4, 0.5) is 0 Å². The summed E-state index contributed by atoms with van der Waals surface area (Å²) >= 11 is 0. The molecule has 0 radical (unpaired) electrons. The van der Waals surface area contributed by atoms with Gasteiger partial charge in [0, 0.05) is 37.9 Å². The van der Waals surface area contributed by atoms with Crippen LogP contribution in [0, 0.1) is 11.3 Å². The van der Waals surface area contributed by atoms with Gasteiger partial charge in [-0.25, -0.2) is 0 Å². The van der Waals surface area contributed by atoms with Gasteiger partial charge in [0.1, 0.15) is 6.10 Å². The largest absolute Gasteiger partial charge is 0.356 e. The van der Waals surface area contributed by atoms with Gasteiger partial charge in [0.2, 0.25) is 23.6 Å². The zero-order chi connectivity index (χ0) is 30.6. The number of allylic oxidation sites excluding steroid dienone is 11. The molecule has 228 valence electrons. The molecule has 2 heterocycles. The van der Waals surface area contributed by atoms with Crippen molar-refractivity contribution < 1.29 is 28.7 Å². The summed E-state index contributed by atoms with van der Waals surface area (Å²) in [6.45, 7) is 8.86. The van der Waals surface area contributed by atoms with E-state index in [2.05, 4.69) is 10.6 Å². The Morgan fingerprint density at radius 2 is 1.55 bits per heavy atom. The molecular formula is C33H45N3O6. The fourth-order valence-electron chi connectivity index (χ4n) is 4.85. The first-order valence-corrected chi connectivity index (χ1v) is 14.8. The van der Waals surface area contributed by atoms with Crippen molar-refractivity contribution in [2.45, 2.75) is 71.7 Å². The van der Waals surface area contributed by atoms with Crippen LogP contribution in [0.25, 0.3) is 0 Å². The average Bonchev–Trinajstić information content (AvgIpc) is 3.20. The van der Waals surface area contributed by atoms with Crippen molar-refractivity contribution in [3.05, 3.63) is 72.4 Å². The number of rotatable bonds is 11. The van der Waals surface area contributed by atoms with Gasteiger partial charge < -0.3 is 20.1 Å². The first-order valence-electron chi connectivity index (χ1n) is 14.8. The van der Waals surface area contributed by atoms with E-state index >= 15 is 0 Å². The summed E-state index contributed by atoms with van der Waals surface area (Å²) in [5.41, 5.74) is 0.333. The van der Waals surface area contributed by atoms with Crippen molar-refractivity contribution in [3.8, 4) is 0 Å². The molecule has 42 heavy (non-hydrogen) atoms. The topological polar surface area (TPSA) is 114 Å². The highest BCUT2D eigenvalue weighted by Crippen LogP contribution is 2.35. The lowest BCUT2D eigenvalue weighted by Gasteiger charge is -2.44. The van der Waals surface area contributed by atoms with Gasteiger partial charge in [0.15, 0.2) is 5.79 Å². The Kier molecular flexibility index (Phi) is 12.2. The van der Waals surface area contributed by atoms with Gasteiger partial charge in [-0.15, -0.1) is 0 Å². The monoisotopic (exact) mass is 579 g/mol. The summed E-state index contributed by atoms with van der Waals surface area (Å²) in [6.07, 6.45) is 22.7. The molecule has 2 aliphatic heterocycles. The summed E-state index contributed by atoms with van der Waals surface area (Å²) in [5, 5.41) is 5.67. The molecule has 0 aromatic heterocycles. The van der Waals surface area contributed by atoms with E-state index in [1.54, 1.807) is 13.8 Å². The minimum Gasteiger partial charge on any atom is -0.356 e. The van der Waals surface area contributed by atoms with E-state index in [4.69, 9.17) is 9.47 Å². The second-order valence-corrected chi connectivity index (χ2v) is 11.8. The number of ether oxygens (including phenoxy) is 2. The standard InChI is InChI=1S/C33H45N3O6/c1-32(2)24-41-33(3,4)42-29(32)30(39)35-21-19-27(37)34-20-15-12-16-22-36-28(38)23-26(31(36)40)25-17-13-10-8-6-5-7-9-11-14-18-25/h5-11,13-14,17-18,26,29H,12,15-16,19-24H2,1-4H3,(H,34,37)(H,35,39)/b6-5-,7-5?,8-6?,9-7-,10-8-,11-9?,13-10?,14-11-,17-13?,18-14?,25-17?,25-18?/t26?,29-/m0/s1. The molecule has 2 saturated heterocycles. The van der Waals surface area contributed by atoms with Crippen LogP contribution < -0.4 is 10.6 Å². The third-order valence-electron chi connectivity index (χ3n) is 7.29. The van der Waals surface area contributed by atoms with Crippen molar-refractivity contribution >= 4 is 23.6 Å². The molecule has 0 aromatic rings. The maximum atomic E-state index is 13.1. The maximum absolute atomic E-state index is 13.1. The van der Waals surface area contributed by atoms with E-state index in [9.17, 15) is 19.2 Å². The number of carbonyl (C=O) groups is 4. The number of nitrogens with zero attached hydrogens (tertiary/aromatic N) is 1. The number of nitrogens with one attached hydrogen (secondary N) is 2. The predicted molar refractivity (Wildman–Crippen MR) is 162 cm³/mol. The molecule has 1 unspecified atom stereocenters. The lowest BCUT2D eigenvalue weighted by molar-refractivity contribution is -0.304. The van der Waals surface area contributed by atoms with Gasteiger partial charge in [-0.3, -0.25) is 24.1 Å². The van der Waals surface area contributed by atoms with E-state index in [0.29, 0.717) is 26.1 Å². The Balaban J connectivity index is 1.34. The van der Waals surface area contributed by atoms with Gasteiger partial charge in [0.25, 0.3) is 0 Å². The highest BCUT2D eigenvalue weighted by atomic mass is 16.7. The van der Waals surface area contributed by atoms with Gasteiger partial charge in [-0.2, -0.15) is 0 Å². The van der Waals surface area contributed by atoms with Crippen molar-refractivity contribution in [3.63, 3.8) is 0 Å². The van der Waals surface area contributed by atoms with Crippen LogP contribution in [0.15, 0.2) is 72.4 Å². The summed E-state index contributed by atoms with van der Waals surface area (Å²) < 4.78 is 11.5. The third-order valence-corrected chi connectivity index (χ3v) is 7.29. The SMILES string of the molecule is CC1(C)OCC(C)(C)[C@H](C(=O)NCCC(=O)NCCCCCN2C(=O)CC(C3=C\C=C/C=C\C=C/C=C\C=C3)C2=O)O1. The average molecular weight is 580 g/mol. The molecule has 0 aromatic carbocycles. The summed E-state index contributed by atoms with van der Waals surface area (Å²) in [6, 6.07) is 0. The van der Waals surface area contributed by atoms with E-state index < -0.39 is 23.2 Å². The Morgan fingerprint density at radius 1 is 0.881 bits per heavy atom. The molecule has 1 aliphatic carbocycles. The molecule has 3 aliphatic rings. The second-order valence-electron chi connectivity index (χ2n) is 11.8. The molecule has 0 spiro atoms. The van der Waals surface area contributed by atoms with E-state index in [0.717, 1.165) is 18.4 Å². The Labute approximate surface area is 249 Å².